The molecule has 1 aromatic carbocycles. The number of ether oxygens (including phenoxy) is 2. The van der Waals surface area contributed by atoms with Crippen LogP contribution in [0.5, 0.6) is 5.88 Å². The third-order valence-corrected chi connectivity index (χ3v) is 4.10. The molecule has 0 bridgehead atoms. The second-order valence-corrected chi connectivity index (χ2v) is 5.77. The number of esters is 1. The molecule has 0 saturated heterocycles. The van der Waals surface area contributed by atoms with Crippen LogP contribution in [0.3, 0.4) is 0 Å². The van der Waals surface area contributed by atoms with Crippen LogP contribution in [0, 0.1) is 6.92 Å². The highest BCUT2D eigenvalue weighted by atomic mass is 35.5. The molecule has 1 unspecified atom stereocenters. The summed E-state index contributed by atoms with van der Waals surface area (Å²) in [5.41, 5.74) is 1.91. The monoisotopic (exact) mass is 344 g/mol. The highest BCUT2D eigenvalue weighted by Crippen LogP contribution is 2.45. The number of allylic oxidation sites excluding steroid dienone is 1. The molecule has 2 aromatic rings. The minimum Gasteiger partial charge on any atom is -0.463 e. The Morgan fingerprint density at radius 1 is 1.25 bits per heavy atom. The molecule has 1 aliphatic heterocycles. The van der Waals surface area contributed by atoms with Gasteiger partial charge in [0, 0.05) is 0 Å². The fraction of sp³-hybridized carbons (Fsp3) is 0.278. The number of aromatic nitrogens is 2. The molecule has 1 atom stereocenters. The first kappa shape index (κ1) is 16.5. The van der Waals surface area contributed by atoms with Gasteiger partial charge in [-0.05, 0) is 26.3 Å². The van der Waals surface area contributed by atoms with E-state index in [0.29, 0.717) is 28.6 Å². The average molecular weight is 345 g/mol. The number of hydrogen-bond donors (Lipinski definition) is 0. The van der Waals surface area contributed by atoms with Gasteiger partial charge in [0.25, 0.3) is 0 Å². The van der Waals surface area contributed by atoms with Crippen molar-refractivity contribution in [3.05, 3.63) is 63.8 Å². The molecule has 1 aliphatic rings. The fourth-order valence-electron chi connectivity index (χ4n) is 2.84. The zero-order valence-corrected chi connectivity index (χ0v) is 14.4. The number of aryl methyl sites for hydroxylation is 1. The number of halogens is 1. The van der Waals surface area contributed by atoms with Crippen molar-refractivity contribution >= 4 is 17.6 Å². The Bertz CT molecular complexity index is 819. The van der Waals surface area contributed by atoms with E-state index in [1.807, 2.05) is 30.3 Å². The lowest BCUT2D eigenvalue weighted by Gasteiger charge is -2.28. The van der Waals surface area contributed by atoms with Gasteiger partial charge in [0.05, 0.1) is 23.7 Å². The largest absolute Gasteiger partial charge is 0.463 e. The highest BCUT2D eigenvalue weighted by Gasteiger charge is 2.37. The molecule has 0 aliphatic carbocycles. The van der Waals surface area contributed by atoms with Crippen LogP contribution in [0.2, 0.25) is 5.15 Å². The molecule has 124 valence electrons. The summed E-state index contributed by atoms with van der Waals surface area (Å²) in [7, 11) is 0. The number of carbonyl (C=O) groups is 1. The van der Waals surface area contributed by atoms with Gasteiger partial charge in [0.2, 0.25) is 5.88 Å². The van der Waals surface area contributed by atoms with Gasteiger partial charge < -0.3 is 9.47 Å². The van der Waals surface area contributed by atoms with E-state index in [9.17, 15) is 4.79 Å². The van der Waals surface area contributed by atoms with E-state index < -0.39 is 11.9 Å². The van der Waals surface area contributed by atoms with E-state index >= 15 is 0 Å². The van der Waals surface area contributed by atoms with E-state index in [1.165, 1.54) is 0 Å². The van der Waals surface area contributed by atoms with Gasteiger partial charge in [-0.15, -0.1) is 0 Å². The summed E-state index contributed by atoms with van der Waals surface area (Å²) in [5.74, 6) is 0.502. The van der Waals surface area contributed by atoms with Crippen LogP contribution in [0.1, 0.15) is 36.7 Å². The van der Waals surface area contributed by atoms with Gasteiger partial charge in [-0.3, -0.25) is 0 Å². The number of nitrogens with zero attached hydrogens (tertiary/aromatic N) is 2. The average Bonchev–Trinajstić information content (AvgIpc) is 2.54. The number of rotatable bonds is 3. The van der Waals surface area contributed by atoms with Gasteiger partial charge in [-0.2, -0.15) is 4.98 Å². The second-order valence-electron chi connectivity index (χ2n) is 5.42. The zero-order valence-electron chi connectivity index (χ0n) is 13.7. The molecule has 0 spiro atoms. The van der Waals surface area contributed by atoms with Crippen LogP contribution in [0.15, 0.2) is 41.7 Å². The van der Waals surface area contributed by atoms with Crippen molar-refractivity contribution in [2.75, 3.05) is 6.61 Å². The molecule has 5 nitrogen and oxygen atoms in total. The molecule has 2 heterocycles. The van der Waals surface area contributed by atoms with Gasteiger partial charge >= 0.3 is 5.97 Å². The number of hydrogen-bond acceptors (Lipinski definition) is 5. The van der Waals surface area contributed by atoms with Crippen LogP contribution in [0.25, 0.3) is 0 Å². The van der Waals surface area contributed by atoms with Gasteiger partial charge in [-0.25, -0.2) is 9.78 Å². The molecule has 3 rings (SSSR count). The Kier molecular flexibility index (Phi) is 4.53. The minimum absolute atomic E-state index is 0.278. The Morgan fingerprint density at radius 2 is 1.96 bits per heavy atom. The molecule has 24 heavy (non-hydrogen) atoms. The molecule has 0 saturated carbocycles. The van der Waals surface area contributed by atoms with Gasteiger partial charge in [-0.1, -0.05) is 41.9 Å². The van der Waals surface area contributed by atoms with Crippen molar-refractivity contribution in [2.24, 2.45) is 0 Å². The van der Waals surface area contributed by atoms with Crippen LogP contribution in [-0.2, 0) is 9.53 Å². The Hall–Kier alpha value is -2.40. The molecule has 1 aromatic heterocycles. The summed E-state index contributed by atoms with van der Waals surface area (Å²) in [6.07, 6.45) is 0. The van der Waals surface area contributed by atoms with Crippen LogP contribution >= 0.6 is 11.6 Å². The highest BCUT2D eigenvalue weighted by molar-refractivity contribution is 6.30. The lowest BCUT2D eigenvalue weighted by molar-refractivity contribution is -0.139. The zero-order chi connectivity index (χ0) is 17.3. The van der Waals surface area contributed by atoms with E-state index in [1.54, 1.807) is 20.8 Å². The first-order chi connectivity index (χ1) is 11.5. The van der Waals surface area contributed by atoms with Gasteiger partial charge in [0.15, 0.2) is 0 Å². The summed E-state index contributed by atoms with van der Waals surface area (Å²) in [6, 6.07) is 9.60. The Labute approximate surface area is 145 Å². The summed E-state index contributed by atoms with van der Waals surface area (Å²) >= 11 is 6.38. The quantitative estimate of drug-likeness (QED) is 0.626. The molecule has 0 fully saturated rings. The summed E-state index contributed by atoms with van der Waals surface area (Å²) in [5, 5.41) is 0.278. The number of fused-ring (bicyclic) bond motifs is 1. The maximum atomic E-state index is 12.5. The van der Waals surface area contributed by atoms with Crippen molar-refractivity contribution in [2.45, 2.75) is 26.7 Å². The van der Waals surface area contributed by atoms with Crippen molar-refractivity contribution in [3.63, 3.8) is 0 Å². The third-order valence-electron chi connectivity index (χ3n) is 3.81. The predicted molar refractivity (Wildman–Crippen MR) is 90.0 cm³/mol. The molecular formula is C18H17ClN2O3. The molecule has 6 heteroatoms. The molecular weight excluding hydrogens is 328 g/mol. The first-order valence-corrected chi connectivity index (χ1v) is 8.05. The number of benzene rings is 1. The van der Waals surface area contributed by atoms with Crippen molar-refractivity contribution in [3.8, 4) is 5.88 Å². The maximum absolute atomic E-state index is 12.5. The van der Waals surface area contributed by atoms with Gasteiger partial charge in [0.1, 0.15) is 16.7 Å². The van der Waals surface area contributed by atoms with Crippen LogP contribution < -0.4 is 4.74 Å². The second kappa shape index (κ2) is 6.61. The smallest absolute Gasteiger partial charge is 0.338 e. The summed E-state index contributed by atoms with van der Waals surface area (Å²) < 4.78 is 11.0. The minimum atomic E-state index is -0.429. The van der Waals surface area contributed by atoms with Crippen LogP contribution in [-0.4, -0.2) is 22.5 Å². The Morgan fingerprint density at radius 3 is 2.62 bits per heavy atom. The van der Waals surface area contributed by atoms with Crippen molar-refractivity contribution < 1.29 is 14.3 Å². The third kappa shape index (κ3) is 2.87. The molecule has 0 amide bonds. The van der Waals surface area contributed by atoms with Crippen molar-refractivity contribution in [1.29, 1.82) is 0 Å². The maximum Gasteiger partial charge on any atom is 0.338 e. The summed E-state index contributed by atoms with van der Waals surface area (Å²) in [6.45, 7) is 5.52. The Balaban J connectivity index is 2.24. The van der Waals surface area contributed by atoms with Crippen LogP contribution in [0.4, 0.5) is 0 Å². The molecule has 0 N–H and O–H groups in total. The lowest BCUT2D eigenvalue weighted by Crippen LogP contribution is -2.24. The fourth-order valence-corrected chi connectivity index (χ4v) is 3.15. The standard InChI is InChI=1S/C18H17ClN2O3/c1-4-23-18(22)13-10(2)24-17-15(16(19)20-11(3)21-17)14(13)12-8-6-5-7-9-12/h5-9,14H,4H2,1-3H3. The topological polar surface area (TPSA) is 61.3 Å². The first-order valence-electron chi connectivity index (χ1n) is 7.67. The predicted octanol–water partition coefficient (Wildman–Crippen LogP) is 3.80. The number of carbonyl (C=O) groups excluding carboxylic acids is 1. The van der Waals surface area contributed by atoms with E-state index in [2.05, 4.69) is 9.97 Å². The van der Waals surface area contributed by atoms with Crippen molar-refractivity contribution in [1.82, 2.24) is 9.97 Å². The molecule has 0 radical (unpaired) electrons. The summed E-state index contributed by atoms with van der Waals surface area (Å²) in [4.78, 5) is 21.1. The van der Waals surface area contributed by atoms with E-state index in [0.717, 1.165) is 5.56 Å². The van der Waals surface area contributed by atoms with E-state index in [4.69, 9.17) is 21.1 Å². The normalized spacial score (nSPS) is 16.4. The lowest BCUT2D eigenvalue weighted by atomic mass is 9.84. The van der Waals surface area contributed by atoms with E-state index in [-0.39, 0.29) is 11.8 Å². The SMILES string of the molecule is CCOC(=O)C1=C(C)Oc2nc(C)nc(Cl)c2C1c1ccccc1.